The molecule has 3 N–H and O–H groups in total. The van der Waals surface area contributed by atoms with Crippen molar-refractivity contribution >= 4 is 35.1 Å². The van der Waals surface area contributed by atoms with Gasteiger partial charge in [0.25, 0.3) is 0 Å². The predicted molar refractivity (Wildman–Crippen MR) is 127 cm³/mol. The minimum atomic E-state index is -0.976. The maximum absolute atomic E-state index is 11.6. The molecule has 0 atom stereocenters. The van der Waals surface area contributed by atoms with Crippen LogP contribution in [0.4, 0.5) is 0 Å². The summed E-state index contributed by atoms with van der Waals surface area (Å²) in [6.45, 7) is 0.648. The summed E-state index contributed by atoms with van der Waals surface area (Å²) in [5.74, 6) is -0.188. The minimum absolute atomic E-state index is 0. The van der Waals surface area contributed by atoms with Crippen molar-refractivity contribution in [2.24, 2.45) is 5.73 Å². The molecule has 4 rings (SSSR count). The first kappa shape index (κ1) is 23.6. The van der Waals surface area contributed by atoms with Gasteiger partial charge >= 0.3 is 5.97 Å². The number of benzene rings is 3. The van der Waals surface area contributed by atoms with E-state index in [4.69, 9.17) is 20.3 Å². The third kappa shape index (κ3) is 5.58. The number of ether oxygens (including phenoxy) is 2. The van der Waals surface area contributed by atoms with Crippen molar-refractivity contribution in [1.82, 2.24) is 4.98 Å². The third-order valence-electron chi connectivity index (χ3n) is 4.93. The van der Waals surface area contributed by atoms with Crippen LogP contribution in [0.15, 0.2) is 79.1 Å². The van der Waals surface area contributed by atoms with Crippen LogP contribution in [0.5, 0.6) is 11.5 Å². The normalized spacial score (nSPS) is 10.3. The summed E-state index contributed by atoms with van der Waals surface area (Å²) in [6, 6.07) is 19.1. The molecule has 8 heteroatoms. The van der Waals surface area contributed by atoms with Crippen LogP contribution in [0.25, 0.3) is 21.9 Å². The Morgan fingerprint density at radius 2 is 1.39 bits per heavy atom. The van der Waals surface area contributed by atoms with Gasteiger partial charge in [0.15, 0.2) is 0 Å². The zero-order valence-electron chi connectivity index (χ0n) is 17.4. The number of carbonyl (C=O) groups is 2. The van der Waals surface area contributed by atoms with Crippen LogP contribution in [-0.2, 0) is 0 Å². The van der Waals surface area contributed by atoms with Crippen LogP contribution in [0, 0.1) is 0 Å². The van der Waals surface area contributed by atoms with Crippen LogP contribution in [0.3, 0.4) is 0 Å². The lowest BCUT2D eigenvalue weighted by Gasteiger charge is -2.10. The number of hydrogen-bond donors (Lipinski definition) is 2. The second-order valence-corrected chi connectivity index (χ2v) is 7.04. The molecular weight excluding hydrogens is 444 g/mol. The van der Waals surface area contributed by atoms with Gasteiger partial charge in [-0.2, -0.15) is 0 Å². The molecule has 0 spiro atoms. The molecule has 33 heavy (non-hydrogen) atoms. The van der Waals surface area contributed by atoms with E-state index >= 15 is 0 Å². The van der Waals surface area contributed by atoms with Gasteiger partial charge in [-0.15, -0.1) is 12.4 Å². The lowest BCUT2D eigenvalue weighted by molar-refractivity contribution is 0.0696. The Balaban J connectivity index is 0.00000306. The maximum Gasteiger partial charge on any atom is 0.335 e. The first-order valence-corrected chi connectivity index (χ1v) is 9.88. The SMILES string of the molecule is Cl.NC(=O)c1ccc2cncc(-c3ccc(OCCOc4ccc(C(=O)O)cc4)cc3)c2c1. The number of halogens is 1. The summed E-state index contributed by atoms with van der Waals surface area (Å²) < 4.78 is 11.3. The fourth-order valence-corrected chi connectivity index (χ4v) is 3.29. The van der Waals surface area contributed by atoms with Gasteiger partial charge in [0.2, 0.25) is 5.91 Å². The van der Waals surface area contributed by atoms with Crippen molar-refractivity contribution < 1.29 is 24.2 Å². The zero-order chi connectivity index (χ0) is 22.5. The average molecular weight is 465 g/mol. The molecule has 0 radical (unpaired) electrons. The lowest BCUT2D eigenvalue weighted by atomic mass is 9.99. The Kier molecular flexibility index (Phi) is 7.48. The number of hydrogen-bond acceptors (Lipinski definition) is 5. The van der Waals surface area contributed by atoms with E-state index in [1.165, 1.54) is 12.1 Å². The summed E-state index contributed by atoms with van der Waals surface area (Å²) in [5, 5.41) is 10.7. The number of nitrogens with two attached hydrogens (primary N) is 1. The molecule has 168 valence electrons. The van der Waals surface area contributed by atoms with Gasteiger partial charge in [-0.25, -0.2) is 4.79 Å². The number of pyridine rings is 1. The van der Waals surface area contributed by atoms with E-state index in [2.05, 4.69) is 4.98 Å². The molecule has 0 fully saturated rings. The molecule has 1 heterocycles. The number of nitrogens with zero attached hydrogens (tertiary/aromatic N) is 1. The van der Waals surface area contributed by atoms with E-state index in [0.717, 1.165) is 21.9 Å². The van der Waals surface area contributed by atoms with Gasteiger partial charge < -0.3 is 20.3 Å². The largest absolute Gasteiger partial charge is 0.490 e. The molecule has 0 saturated heterocycles. The Morgan fingerprint density at radius 3 is 1.97 bits per heavy atom. The Hall–Kier alpha value is -4.10. The Morgan fingerprint density at radius 1 is 0.818 bits per heavy atom. The minimum Gasteiger partial charge on any atom is -0.490 e. The topological polar surface area (TPSA) is 112 Å². The maximum atomic E-state index is 11.6. The Labute approximate surface area is 196 Å². The first-order valence-electron chi connectivity index (χ1n) is 9.88. The molecule has 0 aliphatic rings. The summed E-state index contributed by atoms with van der Waals surface area (Å²) >= 11 is 0. The number of amides is 1. The van der Waals surface area contributed by atoms with E-state index < -0.39 is 11.9 Å². The molecule has 0 aliphatic heterocycles. The first-order chi connectivity index (χ1) is 15.5. The fraction of sp³-hybridized carbons (Fsp3) is 0.0800. The van der Waals surface area contributed by atoms with Crippen molar-refractivity contribution in [1.29, 1.82) is 0 Å². The zero-order valence-corrected chi connectivity index (χ0v) is 18.2. The van der Waals surface area contributed by atoms with E-state index in [9.17, 15) is 9.59 Å². The second kappa shape index (κ2) is 10.5. The number of carboxylic acids is 1. The van der Waals surface area contributed by atoms with Gasteiger partial charge in [-0.1, -0.05) is 18.2 Å². The molecule has 1 amide bonds. The van der Waals surface area contributed by atoms with E-state index in [1.807, 2.05) is 30.3 Å². The van der Waals surface area contributed by atoms with E-state index in [0.29, 0.717) is 30.3 Å². The quantitative estimate of drug-likeness (QED) is 0.369. The molecule has 0 unspecified atom stereocenters. The molecular formula is C25H21ClN2O5. The highest BCUT2D eigenvalue weighted by Gasteiger charge is 2.08. The van der Waals surface area contributed by atoms with Crippen LogP contribution in [-0.4, -0.2) is 35.2 Å². The number of carboxylic acid groups (broad SMARTS) is 1. The molecule has 1 aromatic heterocycles. The van der Waals surface area contributed by atoms with Gasteiger partial charge in [0.1, 0.15) is 24.7 Å². The number of primary amides is 1. The fourth-order valence-electron chi connectivity index (χ4n) is 3.29. The summed E-state index contributed by atoms with van der Waals surface area (Å²) in [5.41, 5.74) is 7.91. The van der Waals surface area contributed by atoms with E-state index in [1.54, 1.807) is 36.7 Å². The average Bonchev–Trinajstić information content (AvgIpc) is 2.82. The van der Waals surface area contributed by atoms with Crippen LogP contribution >= 0.6 is 12.4 Å². The molecule has 0 bridgehead atoms. The van der Waals surface area contributed by atoms with Gasteiger partial charge in [0, 0.05) is 28.9 Å². The molecule has 3 aromatic carbocycles. The molecule has 7 nitrogen and oxygen atoms in total. The number of aromatic nitrogens is 1. The van der Waals surface area contributed by atoms with Crippen molar-refractivity contribution in [3.05, 3.63) is 90.3 Å². The number of rotatable bonds is 8. The predicted octanol–water partition coefficient (Wildman–Crippen LogP) is 4.58. The van der Waals surface area contributed by atoms with Crippen LogP contribution in [0.2, 0.25) is 0 Å². The third-order valence-corrected chi connectivity index (χ3v) is 4.93. The van der Waals surface area contributed by atoms with Crippen molar-refractivity contribution in [3.63, 3.8) is 0 Å². The monoisotopic (exact) mass is 464 g/mol. The summed E-state index contributed by atoms with van der Waals surface area (Å²) in [7, 11) is 0. The molecule has 0 aliphatic carbocycles. The summed E-state index contributed by atoms with van der Waals surface area (Å²) in [6.07, 6.45) is 3.50. The van der Waals surface area contributed by atoms with Crippen LogP contribution in [0.1, 0.15) is 20.7 Å². The van der Waals surface area contributed by atoms with Gasteiger partial charge in [0.05, 0.1) is 5.56 Å². The number of aromatic carboxylic acids is 1. The van der Waals surface area contributed by atoms with Gasteiger partial charge in [-0.05, 0) is 59.5 Å². The number of fused-ring (bicyclic) bond motifs is 1. The lowest BCUT2D eigenvalue weighted by Crippen LogP contribution is -2.10. The van der Waals surface area contributed by atoms with Crippen LogP contribution < -0.4 is 15.2 Å². The highest BCUT2D eigenvalue weighted by molar-refractivity contribution is 6.02. The molecule has 4 aromatic rings. The second-order valence-electron chi connectivity index (χ2n) is 7.04. The highest BCUT2D eigenvalue weighted by Crippen LogP contribution is 2.29. The van der Waals surface area contributed by atoms with Crippen molar-refractivity contribution in [2.45, 2.75) is 0 Å². The number of carbonyl (C=O) groups excluding carboxylic acids is 1. The van der Waals surface area contributed by atoms with Crippen molar-refractivity contribution in [2.75, 3.05) is 13.2 Å². The smallest absolute Gasteiger partial charge is 0.335 e. The Bertz CT molecular complexity index is 1270. The molecule has 0 saturated carbocycles. The van der Waals surface area contributed by atoms with E-state index in [-0.39, 0.29) is 18.0 Å². The standard InChI is InChI=1S/C25H20N2O5.ClH/c26-24(28)18-1-2-19-14-27-15-23(22(19)13-18)16-3-7-20(8-4-16)31-11-12-32-21-9-5-17(6-10-21)25(29)30;/h1-10,13-15H,11-12H2,(H2,26,28)(H,29,30);1H. The van der Waals surface area contributed by atoms with Gasteiger partial charge in [-0.3, -0.25) is 9.78 Å². The van der Waals surface area contributed by atoms with Crippen molar-refractivity contribution in [3.8, 4) is 22.6 Å². The summed E-state index contributed by atoms with van der Waals surface area (Å²) in [4.78, 5) is 26.7. The highest BCUT2D eigenvalue weighted by atomic mass is 35.5.